The van der Waals surface area contributed by atoms with Crippen molar-refractivity contribution in [1.82, 2.24) is 24.5 Å². The Kier molecular flexibility index (Phi) is 6.69. The first-order valence-corrected chi connectivity index (χ1v) is 11.9. The summed E-state index contributed by atoms with van der Waals surface area (Å²) in [5.41, 5.74) is 5.04. The number of aromatic nitrogens is 5. The number of carbonyl (C=O) groups excluding carboxylic acids is 2. The molecule has 0 fully saturated rings. The van der Waals surface area contributed by atoms with Crippen LogP contribution in [0.4, 0.5) is 24.5 Å². The minimum atomic E-state index is -4.79. The minimum Gasteiger partial charge on any atom is -0.365 e. The van der Waals surface area contributed by atoms with E-state index in [1.165, 1.54) is 13.8 Å². The molecule has 200 valence electrons. The van der Waals surface area contributed by atoms with Crippen molar-refractivity contribution in [3.63, 3.8) is 0 Å². The summed E-state index contributed by atoms with van der Waals surface area (Å²) in [6, 6.07) is 0.837. The van der Waals surface area contributed by atoms with Crippen molar-refractivity contribution in [2.75, 3.05) is 5.32 Å². The fourth-order valence-electron chi connectivity index (χ4n) is 4.11. The van der Waals surface area contributed by atoms with Crippen molar-refractivity contribution >= 4 is 44.7 Å². The number of alkyl halides is 3. The maximum Gasteiger partial charge on any atom is 0.433 e. The zero-order valence-electron chi connectivity index (χ0n) is 20.5. The van der Waals surface area contributed by atoms with Crippen molar-refractivity contribution in [1.29, 1.82) is 0 Å². The Balaban J connectivity index is 1.89. The van der Waals surface area contributed by atoms with E-state index in [4.69, 9.17) is 5.73 Å². The van der Waals surface area contributed by atoms with Gasteiger partial charge in [0, 0.05) is 23.7 Å². The molecule has 4 aromatic rings. The molecule has 4 aromatic heterocycles. The van der Waals surface area contributed by atoms with Crippen LogP contribution in [-0.2, 0) is 24.1 Å². The van der Waals surface area contributed by atoms with Crippen LogP contribution in [0.15, 0.2) is 12.3 Å². The number of pyridine rings is 1. The predicted octanol–water partition coefficient (Wildman–Crippen LogP) is 3.97. The summed E-state index contributed by atoms with van der Waals surface area (Å²) in [7, 11) is 0. The van der Waals surface area contributed by atoms with Gasteiger partial charge in [-0.25, -0.2) is 4.98 Å². The molecule has 0 aromatic carbocycles. The molecule has 0 aliphatic heterocycles. The van der Waals surface area contributed by atoms with Crippen LogP contribution in [0, 0.1) is 30.9 Å². The molecule has 0 unspecified atom stereocenters. The summed E-state index contributed by atoms with van der Waals surface area (Å²) in [5.74, 6) is -1.72. The molecule has 0 saturated heterocycles. The summed E-state index contributed by atoms with van der Waals surface area (Å²) in [5, 5.41) is 22.3. The number of thiophene rings is 1. The van der Waals surface area contributed by atoms with Gasteiger partial charge in [0.15, 0.2) is 0 Å². The molecule has 2 amide bonds. The van der Waals surface area contributed by atoms with E-state index in [2.05, 4.69) is 20.5 Å². The van der Waals surface area contributed by atoms with E-state index in [9.17, 15) is 32.9 Å². The maximum atomic E-state index is 13.7. The summed E-state index contributed by atoms with van der Waals surface area (Å²) < 4.78 is 43.9. The first kappa shape index (κ1) is 26.7. The van der Waals surface area contributed by atoms with E-state index >= 15 is 0 Å². The van der Waals surface area contributed by atoms with E-state index in [1.807, 2.05) is 6.92 Å². The molecule has 0 radical (unpaired) electrons. The summed E-state index contributed by atoms with van der Waals surface area (Å²) in [4.78, 5) is 39.3. The van der Waals surface area contributed by atoms with Crippen LogP contribution in [0.5, 0.6) is 0 Å². The maximum absolute atomic E-state index is 13.7. The Labute approximate surface area is 216 Å². The van der Waals surface area contributed by atoms with Crippen LogP contribution in [0.2, 0.25) is 0 Å². The molecule has 16 heteroatoms. The summed E-state index contributed by atoms with van der Waals surface area (Å²) in [6.07, 6.45) is -3.23. The van der Waals surface area contributed by atoms with Crippen molar-refractivity contribution in [3.05, 3.63) is 50.0 Å². The van der Waals surface area contributed by atoms with E-state index in [1.54, 1.807) is 17.8 Å². The van der Waals surface area contributed by atoms with Gasteiger partial charge in [-0.05, 0) is 39.3 Å². The number of fused-ring (bicyclic) bond motifs is 1. The number of nitrogens with one attached hydrogen (secondary N) is 1. The standard InChI is InChI=1S/C22H21F3N8O4S/c1-5-31-7-13(9(2)29-31)12-6-14(22(23,24)25)27-21-16(12)17(19(38-21)20(26)35)28-15(34)8-32-11(4)18(33(36)37)10(3)30-32/h6-7H,5,8H2,1-4H3,(H2,26,35)(H,28,34). The number of carbonyl (C=O) groups is 2. The Morgan fingerprint density at radius 1 is 1.18 bits per heavy atom. The molecule has 0 aliphatic carbocycles. The third-order valence-corrected chi connectivity index (χ3v) is 6.92. The molecule has 0 bridgehead atoms. The lowest BCUT2D eigenvalue weighted by molar-refractivity contribution is -0.386. The highest BCUT2D eigenvalue weighted by atomic mass is 32.1. The number of aryl methyl sites for hydroxylation is 3. The van der Waals surface area contributed by atoms with Gasteiger partial charge >= 0.3 is 11.9 Å². The average molecular weight is 551 g/mol. The summed E-state index contributed by atoms with van der Waals surface area (Å²) >= 11 is 0.612. The van der Waals surface area contributed by atoms with E-state index in [0.29, 0.717) is 29.1 Å². The van der Waals surface area contributed by atoms with Gasteiger partial charge in [0.2, 0.25) is 5.91 Å². The first-order chi connectivity index (χ1) is 17.7. The molecule has 38 heavy (non-hydrogen) atoms. The van der Waals surface area contributed by atoms with Gasteiger partial charge in [0.05, 0.1) is 16.3 Å². The van der Waals surface area contributed by atoms with Crippen molar-refractivity contribution in [2.24, 2.45) is 5.73 Å². The van der Waals surface area contributed by atoms with Crippen LogP contribution >= 0.6 is 11.3 Å². The number of nitrogens with two attached hydrogens (primary N) is 1. The lowest BCUT2D eigenvalue weighted by Crippen LogP contribution is -2.22. The van der Waals surface area contributed by atoms with Gasteiger partial charge < -0.3 is 11.1 Å². The second-order valence-electron chi connectivity index (χ2n) is 8.37. The van der Waals surface area contributed by atoms with Gasteiger partial charge in [0.25, 0.3) is 5.91 Å². The molecule has 0 atom stereocenters. The number of nitrogens with zero attached hydrogens (tertiary/aromatic N) is 6. The third kappa shape index (κ3) is 4.69. The number of hydrogen-bond acceptors (Lipinski definition) is 8. The van der Waals surface area contributed by atoms with Gasteiger partial charge in [-0.2, -0.15) is 23.4 Å². The Morgan fingerprint density at radius 2 is 1.87 bits per heavy atom. The molecule has 12 nitrogen and oxygen atoms in total. The first-order valence-electron chi connectivity index (χ1n) is 11.1. The monoisotopic (exact) mass is 550 g/mol. The number of amides is 2. The molecular weight excluding hydrogens is 529 g/mol. The van der Waals surface area contributed by atoms with E-state index in [-0.39, 0.29) is 43.4 Å². The molecule has 0 aliphatic rings. The van der Waals surface area contributed by atoms with Crippen LogP contribution in [-0.4, -0.2) is 41.3 Å². The smallest absolute Gasteiger partial charge is 0.365 e. The topological polar surface area (TPSA) is 164 Å². The highest BCUT2D eigenvalue weighted by Crippen LogP contribution is 2.44. The fourth-order valence-corrected chi connectivity index (χ4v) is 5.12. The molecule has 0 saturated carbocycles. The Morgan fingerprint density at radius 3 is 2.39 bits per heavy atom. The van der Waals surface area contributed by atoms with E-state index in [0.717, 1.165) is 10.7 Å². The quantitative estimate of drug-likeness (QED) is 0.260. The molecule has 4 rings (SSSR count). The number of anilines is 1. The fraction of sp³-hybridized carbons (Fsp3) is 0.318. The van der Waals surface area contributed by atoms with Gasteiger partial charge in [-0.1, -0.05) is 0 Å². The second kappa shape index (κ2) is 9.51. The molecule has 3 N–H and O–H groups in total. The van der Waals surface area contributed by atoms with Crippen molar-refractivity contribution in [2.45, 2.75) is 47.0 Å². The minimum absolute atomic E-state index is 0.0559. The predicted molar refractivity (Wildman–Crippen MR) is 132 cm³/mol. The summed E-state index contributed by atoms with van der Waals surface area (Å²) in [6.45, 7) is 6.27. The van der Waals surface area contributed by atoms with Gasteiger partial charge in [0.1, 0.15) is 33.3 Å². The van der Waals surface area contributed by atoms with E-state index < -0.39 is 35.2 Å². The zero-order valence-corrected chi connectivity index (χ0v) is 21.3. The third-order valence-electron chi connectivity index (χ3n) is 5.82. The van der Waals surface area contributed by atoms with Crippen LogP contribution in [0.3, 0.4) is 0 Å². The molecule has 4 heterocycles. The van der Waals surface area contributed by atoms with Crippen LogP contribution < -0.4 is 11.1 Å². The highest BCUT2D eigenvalue weighted by Gasteiger charge is 2.35. The number of hydrogen-bond donors (Lipinski definition) is 2. The van der Waals surface area contributed by atoms with Crippen LogP contribution in [0.25, 0.3) is 21.3 Å². The zero-order chi connectivity index (χ0) is 28.1. The number of halogens is 3. The number of nitro groups is 1. The second-order valence-corrected chi connectivity index (χ2v) is 9.37. The Bertz CT molecular complexity index is 1620. The molecule has 0 spiro atoms. The molecular formula is C22H21F3N8O4S. The number of primary amides is 1. The largest absolute Gasteiger partial charge is 0.433 e. The lowest BCUT2D eigenvalue weighted by atomic mass is 10.0. The van der Waals surface area contributed by atoms with Crippen molar-refractivity contribution < 1.29 is 27.7 Å². The van der Waals surface area contributed by atoms with Crippen LogP contribution in [0.1, 0.15) is 39.4 Å². The van der Waals surface area contributed by atoms with Gasteiger partial charge in [-0.3, -0.25) is 29.1 Å². The van der Waals surface area contributed by atoms with Crippen molar-refractivity contribution in [3.8, 4) is 11.1 Å². The Hall–Kier alpha value is -4.34. The normalized spacial score (nSPS) is 11.8. The lowest BCUT2D eigenvalue weighted by Gasteiger charge is -2.12. The highest BCUT2D eigenvalue weighted by molar-refractivity contribution is 7.21. The SMILES string of the molecule is CCn1cc(-c2cc(C(F)(F)F)nc3sc(C(N)=O)c(NC(=O)Cn4nc(C)c([N+](=O)[O-])c4C)c23)c(C)n1. The number of rotatable bonds is 7. The van der Waals surface area contributed by atoms with Gasteiger partial charge in [-0.15, -0.1) is 11.3 Å². The average Bonchev–Trinajstić information content (AvgIpc) is 3.45.